The lowest BCUT2D eigenvalue weighted by molar-refractivity contribution is -0.121. The van der Waals surface area contributed by atoms with E-state index in [9.17, 15) is 9.59 Å². The van der Waals surface area contributed by atoms with E-state index >= 15 is 0 Å². The Morgan fingerprint density at radius 3 is 2.43 bits per heavy atom. The van der Waals surface area contributed by atoms with Gasteiger partial charge >= 0.3 is 6.03 Å². The van der Waals surface area contributed by atoms with E-state index in [0.29, 0.717) is 18.0 Å². The molecule has 8 heteroatoms. The summed E-state index contributed by atoms with van der Waals surface area (Å²) in [4.78, 5) is 23.6. The number of para-hydroxylation sites is 1. The number of halogens is 1. The number of rotatable bonds is 10. The van der Waals surface area contributed by atoms with Gasteiger partial charge in [0.2, 0.25) is 5.91 Å². The highest BCUT2D eigenvalue weighted by Crippen LogP contribution is 2.25. The van der Waals surface area contributed by atoms with Gasteiger partial charge in [-0.2, -0.15) is 0 Å². The van der Waals surface area contributed by atoms with Gasteiger partial charge in [-0.25, -0.2) is 4.79 Å². The van der Waals surface area contributed by atoms with Crippen molar-refractivity contribution in [1.82, 2.24) is 16.0 Å². The van der Waals surface area contributed by atoms with Crippen LogP contribution in [0.4, 0.5) is 4.79 Å². The van der Waals surface area contributed by atoms with E-state index in [2.05, 4.69) is 16.0 Å². The molecule has 5 N–H and O–H groups in total. The molecule has 0 radical (unpaired) electrons. The number of nitrogens with one attached hydrogen (secondary N) is 3. The molecule has 0 saturated carbocycles. The molecule has 1 unspecified atom stereocenters. The van der Waals surface area contributed by atoms with E-state index in [4.69, 9.17) is 10.5 Å². The van der Waals surface area contributed by atoms with Crippen LogP contribution in [0.1, 0.15) is 24.4 Å². The van der Waals surface area contributed by atoms with Gasteiger partial charge in [-0.3, -0.25) is 4.79 Å². The normalized spacial score (nSPS) is 11.0. The summed E-state index contributed by atoms with van der Waals surface area (Å²) in [5.41, 5.74) is 6.03. The van der Waals surface area contributed by atoms with Gasteiger partial charge in [-0.05, 0) is 49.8 Å². The minimum absolute atomic E-state index is 0. The zero-order valence-corrected chi connectivity index (χ0v) is 16.6. The van der Waals surface area contributed by atoms with Crippen LogP contribution in [0.2, 0.25) is 0 Å². The quantitative estimate of drug-likeness (QED) is 0.455. The first-order valence-electron chi connectivity index (χ1n) is 8.88. The van der Waals surface area contributed by atoms with Gasteiger partial charge in [-0.15, -0.1) is 12.4 Å². The van der Waals surface area contributed by atoms with Crippen molar-refractivity contribution >= 4 is 24.3 Å². The van der Waals surface area contributed by atoms with Gasteiger partial charge in [-0.1, -0.05) is 30.3 Å². The lowest BCUT2D eigenvalue weighted by atomic mass is 10.0. The summed E-state index contributed by atoms with van der Waals surface area (Å²) >= 11 is 0. The summed E-state index contributed by atoms with van der Waals surface area (Å²) < 4.78 is 5.82. The summed E-state index contributed by atoms with van der Waals surface area (Å²) in [7, 11) is 1.86. The van der Waals surface area contributed by atoms with Crippen LogP contribution >= 0.6 is 12.4 Å². The molecule has 0 saturated heterocycles. The zero-order chi connectivity index (χ0) is 19.5. The Balaban J connectivity index is 0.00000392. The molecule has 0 bridgehead atoms. The Hall–Kier alpha value is -2.77. The van der Waals surface area contributed by atoms with Gasteiger partial charge in [0.15, 0.2) is 0 Å². The molecular formula is C20H27ClN4O3. The lowest BCUT2D eigenvalue weighted by Gasteiger charge is -2.18. The second kappa shape index (κ2) is 12.6. The van der Waals surface area contributed by atoms with Gasteiger partial charge < -0.3 is 26.4 Å². The van der Waals surface area contributed by atoms with E-state index in [1.807, 2.05) is 55.6 Å². The van der Waals surface area contributed by atoms with E-state index in [0.717, 1.165) is 18.5 Å². The number of urea groups is 1. The van der Waals surface area contributed by atoms with Crippen LogP contribution in [0.5, 0.6) is 11.5 Å². The maximum absolute atomic E-state index is 12.2. The number of hydrogen-bond donors (Lipinski definition) is 4. The van der Waals surface area contributed by atoms with E-state index in [-0.39, 0.29) is 24.7 Å². The number of nitrogens with two attached hydrogens (primary N) is 1. The predicted molar refractivity (Wildman–Crippen MR) is 112 cm³/mol. The third kappa shape index (κ3) is 8.28. The fourth-order valence-electron chi connectivity index (χ4n) is 2.59. The number of carbonyl (C=O) groups excluding carboxylic acids is 2. The molecule has 0 aliphatic heterocycles. The summed E-state index contributed by atoms with van der Waals surface area (Å²) in [6.45, 7) is 1.39. The van der Waals surface area contributed by atoms with Crippen molar-refractivity contribution in [1.29, 1.82) is 0 Å². The molecule has 0 aliphatic rings. The van der Waals surface area contributed by atoms with Gasteiger partial charge in [0.25, 0.3) is 0 Å². The largest absolute Gasteiger partial charge is 0.457 e. The standard InChI is InChI=1S/C20H26N4O3.ClH/c1-22-11-6-12-23-19(25)14-18(24-20(21)26)15-7-5-10-17(13-15)27-16-8-3-2-4-9-16;/h2-5,7-10,13,18,22H,6,11-12,14H2,1H3,(H,23,25)(H3,21,24,26);1H. The van der Waals surface area contributed by atoms with Crippen molar-refractivity contribution in [2.75, 3.05) is 20.1 Å². The van der Waals surface area contributed by atoms with Crippen LogP contribution in [0.3, 0.4) is 0 Å². The maximum Gasteiger partial charge on any atom is 0.312 e. The highest BCUT2D eigenvalue weighted by Gasteiger charge is 2.18. The molecule has 152 valence electrons. The molecule has 3 amide bonds. The fraction of sp³-hybridized carbons (Fsp3) is 0.300. The summed E-state index contributed by atoms with van der Waals surface area (Å²) in [6, 6.07) is 15.4. The average Bonchev–Trinajstić information content (AvgIpc) is 2.65. The Morgan fingerprint density at radius 2 is 1.75 bits per heavy atom. The van der Waals surface area contributed by atoms with Crippen LogP contribution in [0.25, 0.3) is 0 Å². The monoisotopic (exact) mass is 406 g/mol. The molecule has 0 spiro atoms. The molecular weight excluding hydrogens is 380 g/mol. The third-order valence-electron chi connectivity index (χ3n) is 3.87. The van der Waals surface area contributed by atoms with Crippen molar-refractivity contribution < 1.29 is 14.3 Å². The van der Waals surface area contributed by atoms with Crippen molar-refractivity contribution in [2.24, 2.45) is 5.73 Å². The molecule has 0 heterocycles. The molecule has 0 aromatic heterocycles. The fourth-order valence-corrected chi connectivity index (χ4v) is 2.59. The molecule has 0 fully saturated rings. The van der Waals surface area contributed by atoms with Crippen LogP contribution in [-0.2, 0) is 4.79 Å². The van der Waals surface area contributed by atoms with Crippen LogP contribution in [0.15, 0.2) is 54.6 Å². The molecule has 28 heavy (non-hydrogen) atoms. The smallest absolute Gasteiger partial charge is 0.312 e. The van der Waals surface area contributed by atoms with Gasteiger partial charge in [0.1, 0.15) is 11.5 Å². The van der Waals surface area contributed by atoms with Gasteiger partial charge in [0.05, 0.1) is 12.5 Å². The predicted octanol–water partition coefficient (Wildman–Crippen LogP) is 2.73. The van der Waals surface area contributed by atoms with Crippen molar-refractivity contribution in [3.8, 4) is 11.5 Å². The second-order valence-corrected chi connectivity index (χ2v) is 6.06. The zero-order valence-electron chi connectivity index (χ0n) is 15.8. The number of benzene rings is 2. The molecule has 7 nitrogen and oxygen atoms in total. The van der Waals surface area contributed by atoms with Crippen LogP contribution in [0, 0.1) is 0 Å². The number of hydrogen-bond acceptors (Lipinski definition) is 4. The minimum atomic E-state index is -0.683. The van der Waals surface area contributed by atoms with Crippen LogP contribution in [-0.4, -0.2) is 32.1 Å². The summed E-state index contributed by atoms with van der Waals surface area (Å²) in [5, 5.41) is 8.49. The van der Waals surface area contributed by atoms with E-state index < -0.39 is 12.1 Å². The molecule has 2 aromatic rings. The first kappa shape index (κ1) is 23.3. The highest BCUT2D eigenvalue weighted by atomic mass is 35.5. The first-order chi connectivity index (χ1) is 13.1. The Bertz CT molecular complexity index is 743. The maximum atomic E-state index is 12.2. The van der Waals surface area contributed by atoms with Crippen LogP contribution < -0.4 is 26.4 Å². The minimum Gasteiger partial charge on any atom is -0.457 e. The Labute approximate surface area is 171 Å². The highest BCUT2D eigenvalue weighted by molar-refractivity contribution is 5.85. The van der Waals surface area contributed by atoms with Crippen molar-refractivity contribution in [3.05, 3.63) is 60.2 Å². The summed E-state index contributed by atoms with van der Waals surface area (Å²) in [6.07, 6.45) is 0.924. The molecule has 0 aliphatic carbocycles. The molecule has 1 atom stereocenters. The Kier molecular flexibility index (Phi) is 10.5. The first-order valence-corrected chi connectivity index (χ1v) is 8.88. The third-order valence-corrected chi connectivity index (χ3v) is 3.87. The Morgan fingerprint density at radius 1 is 1.04 bits per heavy atom. The number of carbonyl (C=O) groups is 2. The lowest BCUT2D eigenvalue weighted by Crippen LogP contribution is -2.37. The van der Waals surface area contributed by atoms with Crippen molar-refractivity contribution in [2.45, 2.75) is 18.9 Å². The summed E-state index contributed by atoms with van der Waals surface area (Å²) in [5.74, 6) is 1.17. The van der Waals surface area contributed by atoms with Crippen molar-refractivity contribution in [3.63, 3.8) is 0 Å². The van der Waals surface area contributed by atoms with Gasteiger partial charge in [0, 0.05) is 6.54 Å². The number of amides is 3. The molecule has 2 rings (SSSR count). The SMILES string of the molecule is CNCCCNC(=O)CC(NC(N)=O)c1cccc(Oc2ccccc2)c1.Cl. The van der Waals surface area contributed by atoms with E-state index in [1.165, 1.54) is 0 Å². The average molecular weight is 407 g/mol. The number of primary amides is 1. The topological polar surface area (TPSA) is 105 Å². The second-order valence-electron chi connectivity index (χ2n) is 6.06. The number of ether oxygens (including phenoxy) is 1. The van der Waals surface area contributed by atoms with E-state index in [1.54, 1.807) is 6.07 Å². The molecule has 2 aromatic carbocycles.